The van der Waals surface area contributed by atoms with E-state index in [0.717, 1.165) is 5.56 Å². The van der Waals surface area contributed by atoms with Crippen molar-refractivity contribution in [1.29, 1.82) is 0 Å². The number of aliphatic carboxylic acids is 1. The molecule has 1 aliphatic rings. The van der Waals surface area contributed by atoms with Crippen LogP contribution in [0.15, 0.2) is 18.2 Å². The van der Waals surface area contributed by atoms with Crippen molar-refractivity contribution in [1.82, 2.24) is 5.32 Å². The van der Waals surface area contributed by atoms with E-state index in [1.54, 1.807) is 18.2 Å². The maximum Gasteiger partial charge on any atom is 0.326 e. The van der Waals surface area contributed by atoms with E-state index in [1.165, 1.54) is 0 Å². The van der Waals surface area contributed by atoms with Gasteiger partial charge in [0.15, 0.2) is 6.10 Å². The Morgan fingerprint density at radius 3 is 2.90 bits per heavy atom. The molecule has 0 aliphatic carbocycles. The standard InChI is InChI=1S/C13H14ClNO5/c14-8-1-2-10-7(5-8)6-11(20-10)12(17)15-9(3-4-16)13(18)19/h1-2,5,9,11,16H,3-4,6H2,(H,15,17)(H,18,19)/t9-,11?/m0/s1. The van der Waals surface area contributed by atoms with E-state index in [-0.39, 0.29) is 13.0 Å². The summed E-state index contributed by atoms with van der Waals surface area (Å²) in [7, 11) is 0. The molecule has 1 amide bonds. The summed E-state index contributed by atoms with van der Waals surface area (Å²) in [5.74, 6) is -1.13. The Bertz CT molecular complexity index is 533. The van der Waals surface area contributed by atoms with E-state index < -0.39 is 24.0 Å². The van der Waals surface area contributed by atoms with Crippen LogP contribution in [0.3, 0.4) is 0 Å². The third-order valence-electron chi connectivity index (χ3n) is 3.02. The lowest BCUT2D eigenvalue weighted by Crippen LogP contribution is -2.47. The van der Waals surface area contributed by atoms with Crippen LogP contribution in [-0.4, -0.2) is 40.8 Å². The Morgan fingerprint density at radius 1 is 1.50 bits per heavy atom. The molecule has 6 nitrogen and oxygen atoms in total. The largest absolute Gasteiger partial charge is 0.480 e. The number of hydrogen-bond donors (Lipinski definition) is 3. The van der Waals surface area contributed by atoms with Crippen LogP contribution in [0.2, 0.25) is 5.02 Å². The topological polar surface area (TPSA) is 95.9 Å². The van der Waals surface area contributed by atoms with Gasteiger partial charge in [0.2, 0.25) is 0 Å². The molecule has 0 bridgehead atoms. The first-order valence-electron chi connectivity index (χ1n) is 6.10. The number of carboxylic acid groups (broad SMARTS) is 1. The van der Waals surface area contributed by atoms with E-state index in [1.807, 2.05) is 0 Å². The van der Waals surface area contributed by atoms with Crippen LogP contribution in [0.5, 0.6) is 5.75 Å². The number of rotatable bonds is 5. The highest BCUT2D eigenvalue weighted by atomic mass is 35.5. The van der Waals surface area contributed by atoms with Crippen molar-refractivity contribution in [2.75, 3.05) is 6.61 Å². The Balaban J connectivity index is 2.00. The molecular formula is C13H14ClNO5. The normalized spacial score (nSPS) is 18.0. The van der Waals surface area contributed by atoms with Crippen LogP contribution in [-0.2, 0) is 16.0 Å². The zero-order valence-corrected chi connectivity index (χ0v) is 11.3. The average Bonchev–Trinajstić information content (AvgIpc) is 2.80. The molecule has 1 aliphatic heterocycles. The van der Waals surface area contributed by atoms with E-state index in [9.17, 15) is 9.59 Å². The van der Waals surface area contributed by atoms with Gasteiger partial charge in [-0.05, 0) is 23.8 Å². The smallest absolute Gasteiger partial charge is 0.326 e. The van der Waals surface area contributed by atoms with Crippen LogP contribution in [0, 0.1) is 0 Å². The maximum absolute atomic E-state index is 12.0. The van der Waals surface area contributed by atoms with Crippen molar-refractivity contribution >= 4 is 23.5 Å². The number of aliphatic hydroxyl groups excluding tert-OH is 1. The third-order valence-corrected chi connectivity index (χ3v) is 3.26. The van der Waals surface area contributed by atoms with Gasteiger partial charge in [0, 0.05) is 24.5 Å². The maximum atomic E-state index is 12.0. The van der Waals surface area contributed by atoms with Gasteiger partial charge in [-0.1, -0.05) is 11.6 Å². The molecule has 0 fully saturated rings. The number of halogens is 1. The predicted octanol–water partition coefficient (Wildman–Crippen LogP) is 0.595. The highest BCUT2D eigenvalue weighted by molar-refractivity contribution is 6.30. The molecule has 1 aromatic carbocycles. The van der Waals surface area contributed by atoms with Crippen molar-refractivity contribution in [2.45, 2.75) is 25.0 Å². The van der Waals surface area contributed by atoms with Crippen molar-refractivity contribution in [3.63, 3.8) is 0 Å². The summed E-state index contributed by atoms with van der Waals surface area (Å²) in [4.78, 5) is 22.9. The van der Waals surface area contributed by atoms with Crippen LogP contribution in [0.4, 0.5) is 0 Å². The van der Waals surface area contributed by atoms with Crippen LogP contribution < -0.4 is 10.1 Å². The lowest BCUT2D eigenvalue weighted by molar-refractivity contribution is -0.143. The minimum atomic E-state index is -1.19. The molecule has 2 atom stereocenters. The number of carbonyl (C=O) groups excluding carboxylic acids is 1. The average molecular weight is 300 g/mol. The minimum Gasteiger partial charge on any atom is -0.480 e. The number of aliphatic hydroxyl groups is 1. The summed E-state index contributed by atoms with van der Waals surface area (Å²) in [5.41, 5.74) is 0.812. The summed E-state index contributed by atoms with van der Waals surface area (Å²) in [6.45, 7) is -0.321. The van der Waals surface area contributed by atoms with Crippen LogP contribution >= 0.6 is 11.6 Å². The van der Waals surface area contributed by atoms with Crippen molar-refractivity contribution in [2.24, 2.45) is 0 Å². The Kier molecular flexibility index (Phi) is 4.46. The molecular weight excluding hydrogens is 286 g/mol. The van der Waals surface area contributed by atoms with Gasteiger partial charge >= 0.3 is 5.97 Å². The van der Waals surface area contributed by atoms with Gasteiger partial charge < -0.3 is 20.3 Å². The number of fused-ring (bicyclic) bond motifs is 1. The molecule has 3 N–H and O–H groups in total. The zero-order valence-electron chi connectivity index (χ0n) is 10.5. The molecule has 108 valence electrons. The van der Waals surface area contributed by atoms with E-state index >= 15 is 0 Å². The van der Waals surface area contributed by atoms with Gasteiger partial charge in [-0.25, -0.2) is 4.79 Å². The molecule has 0 spiro atoms. The quantitative estimate of drug-likeness (QED) is 0.740. The Labute approximate surface area is 120 Å². The van der Waals surface area contributed by atoms with Crippen LogP contribution in [0.25, 0.3) is 0 Å². The van der Waals surface area contributed by atoms with E-state index in [2.05, 4.69) is 5.32 Å². The van der Waals surface area contributed by atoms with Gasteiger partial charge in [-0.15, -0.1) is 0 Å². The molecule has 0 radical (unpaired) electrons. The molecule has 20 heavy (non-hydrogen) atoms. The number of benzene rings is 1. The first-order valence-corrected chi connectivity index (χ1v) is 6.48. The molecule has 1 unspecified atom stereocenters. The fourth-order valence-electron chi connectivity index (χ4n) is 2.01. The van der Waals surface area contributed by atoms with Gasteiger partial charge in [-0.3, -0.25) is 4.79 Å². The van der Waals surface area contributed by atoms with Gasteiger partial charge in [0.25, 0.3) is 5.91 Å². The zero-order chi connectivity index (χ0) is 14.7. The molecule has 2 rings (SSSR count). The fraction of sp³-hybridized carbons (Fsp3) is 0.385. The molecule has 1 aromatic rings. The Hall–Kier alpha value is -1.79. The number of nitrogens with one attached hydrogen (secondary N) is 1. The summed E-state index contributed by atoms with van der Waals surface area (Å²) in [5, 5.41) is 20.6. The molecule has 7 heteroatoms. The first kappa shape index (κ1) is 14.6. The Morgan fingerprint density at radius 2 is 2.25 bits per heavy atom. The molecule has 0 saturated heterocycles. The minimum absolute atomic E-state index is 0.0490. The SMILES string of the molecule is O=C(N[C@@H](CCO)C(=O)O)C1Cc2cc(Cl)ccc2O1. The molecule has 0 saturated carbocycles. The first-order chi connectivity index (χ1) is 9.51. The van der Waals surface area contributed by atoms with Crippen molar-refractivity contribution < 1.29 is 24.5 Å². The second kappa shape index (κ2) is 6.11. The lowest BCUT2D eigenvalue weighted by atomic mass is 10.1. The van der Waals surface area contributed by atoms with Crippen LogP contribution in [0.1, 0.15) is 12.0 Å². The fourth-order valence-corrected chi connectivity index (χ4v) is 2.21. The monoisotopic (exact) mass is 299 g/mol. The summed E-state index contributed by atoms with van der Waals surface area (Å²) in [6.07, 6.45) is -0.483. The number of carbonyl (C=O) groups is 2. The molecule has 0 aromatic heterocycles. The van der Waals surface area contributed by atoms with Gasteiger partial charge in [0.05, 0.1) is 0 Å². The summed E-state index contributed by atoms with van der Waals surface area (Å²) >= 11 is 5.86. The third kappa shape index (κ3) is 3.20. The molecule has 1 heterocycles. The summed E-state index contributed by atoms with van der Waals surface area (Å²) in [6, 6.07) is 3.93. The highest BCUT2D eigenvalue weighted by Gasteiger charge is 2.31. The van der Waals surface area contributed by atoms with Crippen molar-refractivity contribution in [3.8, 4) is 5.75 Å². The summed E-state index contributed by atoms with van der Waals surface area (Å²) < 4.78 is 5.46. The number of hydrogen-bond acceptors (Lipinski definition) is 4. The van der Waals surface area contributed by atoms with Crippen molar-refractivity contribution in [3.05, 3.63) is 28.8 Å². The van der Waals surface area contributed by atoms with E-state index in [0.29, 0.717) is 17.2 Å². The highest BCUT2D eigenvalue weighted by Crippen LogP contribution is 2.31. The number of amides is 1. The second-order valence-corrected chi connectivity index (χ2v) is 4.91. The van der Waals surface area contributed by atoms with E-state index in [4.69, 9.17) is 26.6 Å². The lowest BCUT2D eigenvalue weighted by Gasteiger charge is -2.16. The second-order valence-electron chi connectivity index (χ2n) is 4.47. The van der Waals surface area contributed by atoms with Gasteiger partial charge in [-0.2, -0.15) is 0 Å². The predicted molar refractivity (Wildman–Crippen MR) is 70.8 cm³/mol. The van der Waals surface area contributed by atoms with Gasteiger partial charge in [0.1, 0.15) is 11.8 Å². The number of ether oxygens (including phenoxy) is 1. The number of carboxylic acids is 1.